The molecule has 5 aromatic rings. The van der Waals surface area contributed by atoms with Crippen LogP contribution in [0.15, 0.2) is 83.5 Å². The molecule has 1 N–H and O–H groups in total. The average molecular weight is 491 g/mol. The number of phenolic OH excluding ortho intramolecular Hbond substituents is 1. The Morgan fingerprint density at radius 1 is 1.03 bits per heavy atom. The molecule has 0 saturated heterocycles. The maximum Gasteiger partial charge on any atom is 0.254 e. The largest absolute Gasteiger partial charge is 1.00 e. The minimum absolute atomic E-state index is 0. The quantitative estimate of drug-likeness (QED) is 0.303. The SMILES string of the molecule is Cc1n(C(C)c2ccc3oc4ccccc4c3c2)cc[n+]1CC(=O)c1ccc(O)cc1.[Br-]. The van der Waals surface area contributed by atoms with Gasteiger partial charge in [0.15, 0.2) is 6.54 Å². The van der Waals surface area contributed by atoms with E-state index in [1.54, 1.807) is 12.1 Å². The Kier molecular flexibility index (Phi) is 5.89. The first kappa shape index (κ1) is 21.8. The van der Waals surface area contributed by atoms with E-state index in [2.05, 4.69) is 29.7 Å². The van der Waals surface area contributed by atoms with Crippen molar-refractivity contribution < 1.29 is 35.9 Å². The number of Topliss-reactive ketones (excluding diaryl/α,β-unsaturated/α-hetero) is 1. The minimum Gasteiger partial charge on any atom is -1.00 e. The van der Waals surface area contributed by atoms with E-state index in [0.29, 0.717) is 5.56 Å². The summed E-state index contributed by atoms with van der Waals surface area (Å²) in [7, 11) is 0. The molecule has 2 heterocycles. The van der Waals surface area contributed by atoms with Crippen LogP contribution in [0.3, 0.4) is 0 Å². The Hall–Kier alpha value is -3.38. The zero-order valence-electron chi connectivity index (χ0n) is 17.8. The Morgan fingerprint density at radius 3 is 2.53 bits per heavy atom. The topological polar surface area (TPSA) is 59.2 Å². The number of ketones is 1. The highest BCUT2D eigenvalue weighted by Crippen LogP contribution is 2.31. The van der Waals surface area contributed by atoms with Gasteiger partial charge in [-0.1, -0.05) is 24.3 Å². The fourth-order valence-corrected chi connectivity index (χ4v) is 4.15. The molecule has 0 aliphatic heterocycles. The smallest absolute Gasteiger partial charge is 0.254 e. The Bertz CT molecular complexity index is 1420. The highest BCUT2D eigenvalue weighted by Gasteiger charge is 2.22. The lowest BCUT2D eigenvalue weighted by molar-refractivity contribution is -0.688. The number of para-hydroxylation sites is 1. The van der Waals surface area contributed by atoms with E-state index in [-0.39, 0.29) is 41.1 Å². The first-order valence-electron chi connectivity index (χ1n) is 10.3. The lowest BCUT2D eigenvalue weighted by Gasteiger charge is -2.11. The van der Waals surface area contributed by atoms with E-state index in [1.807, 2.05) is 48.1 Å². The summed E-state index contributed by atoms with van der Waals surface area (Å²) >= 11 is 0. The van der Waals surface area contributed by atoms with Gasteiger partial charge in [0.25, 0.3) is 5.82 Å². The predicted octanol–water partition coefficient (Wildman–Crippen LogP) is 2.19. The number of fused-ring (bicyclic) bond motifs is 3. The van der Waals surface area contributed by atoms with Crippen LogP contribution in [0.5, 0.6) is 5.75 Å². The van der Waals surface area contributed by atoms with Crippen molar-refractivity contribution in [3.05, 3.63) is 96.1 Å². The number of nitrogens with zero attached hydrogens (tertiary/aromatic N) is 2. The third-order valence-electron chi connectivity index (χ3n) is 6.00. The lowest BCUT2D eigenvalue weighted by atomic mass is 10.0. The van der Waals surface area contributed by atoms with Gasteiger partial charge in [-0.2, -0.15) is 0 Å². The van der Waals surface area contributed by atoms with Crippen LogP contribution in [-0.2, 0) is 6.54 Å². The van der Waals surface area contributed by atoms with Crippen molar-refractivity contribution in [3.8, 4) is 5.75 Å². The van der Waals surface area contributed by atoms with E-state index in [9.17, 15) is 9.90 Å². The first-order valence-corrected chi connectivity index (χ1v) is 10.3. The normalized spacial score (nSPS) is 12.1. The fourth-order valence-electron chi connectivity index (χ4n) is 4.15. The maximum atomic E-state index is 12.6. The number of phenols is 1. The van der Waals surface area contributed by atoms with Gasteiger partial charge in [0.2, 0.25) is 5.78 Å². The Labute approximate surface area is 196 Å². The summed E-state index contributed by atoms with van der Waals surface area (Å²) in [5, 5.41) is 11.7. The van der Waals surface area contributed by atoms with Crippen LogP contribution in [0.4, 0.5) is 0 Å². The van der Waals surface area contributed by atoms with Crippen LogP contribution in [-0.4, -0.2) is 15.5 Å². The molecule has 3 aromatic carbocycles. The summed E-state index contributed by atoms with van der Waals surface area (Å²) in [5.74, 6) is 1.16. The molecule has 6 heteroatoms. The monoisotopic (exact) mass is 490 g/mol. The number of hydrogen-bond acceptors (Lipinski definition) is 3. The van der Waals surface area contributed by atoms with Gasteiger partial charge < -0.3 is 26.5 Å². The van der Waals surface area contributed by atoms with Gasteiger partial charge in [-0.25, -0.2) is 9.13 Å². The Morgan fingerprint density at radius 2 is 1.75 bits per heavy atom. The molecule has 5 rings (SSSR count). The number of imidazole rings is 1. The van der Waals surface area contributed by atoms with E-state index >= 15 is 0 Å². The maximum absolute atomic E-state index is 12.6. The molecule has 0 fully saturated rings. The van der Waals surface area contributed by atoms with Gasteiger partial charge in [0, 0.05) is 23.3 Å². The number of aromatic nitrogens is 2. The number of carbonyl (C=O) groups is 1. The van der Waals surface area contributed by atoms with Crippen molar-refractivity contribution in [1.82, 2.24) is 4.57 Å². The predicted molar refractivity (Wildman–Crippen MR) is 119 cm³/mol. The van der Waals surface area contributed by atoms with Gasteiger partial charge in [0.05, 0.1) is 0 Å². The van der Waals surface area contributed by atoms with E-state index in [0.717, 1.165) is 27.8 Å². The highest BCUT2D eigenvalue weighted by atomic mass is 79.9. The number of furan rings is 1. The number of benzene rings is 3. The molecule has 32 heavy (non-hydrogen) atoms. The molecule has 0 aliphatic rings. The summed E-state index contributed by atoms with van der Waals surface area (Å²) in [6.45, 7) is 4.43. The minimum atomic E-state index is 0. The second-order valence-corrected chi connectivity index (χ2v) is 7.88. The molecule has 0 saturated carbocycles. The van der Waals surface area contributed by atoms with Gasteiger partial charge in [0.1, 0.15) is 35.4 Å². The van der Waals surface area contributed by atoms with Crippen molar-refractivity contribution in [2.45, 2.75) is 26.4 Å². The van der Waals surface area contributed by atoms with E-state index in [4.69, 9.17) is 4.42 Å². The number of aromatic hydroxyl groups is 1. The van der Waals surface area contributed by atoms with Gasteiger partial charge in [-0.05, 0) is 55.0 Å². The van der Waals surface area contributed by atoms with Gasteiger partial charge in [-0.15, -0.1) is 0 Å². The Balaban J connectivity index is 0.00000245. The number of hydrogen-bond donors (Lipinski definition) is 1. The van der Waals surface area contributed by atoms with Crippen molar-refractivity contribution in [2.75, 3.05) is 0 Å². The highest BCUT2D eigenvalue weighted by molar-refractivity contribution is 6.05. The van der Waals surface area contributed by atoms with Gasteiger partial charge in [-0.3, -0.25) is 4.79 Å². The molecule has 0 radical (unpaired) electrons. The zero-order valence-corrected chi connectivity index (χ0v) is 19.4. The molecule has 1 unspecified atom stereocenters. The first-order chi connectivity index (χ1) is 15.0. The summed E-state index contributed by atoms with van der Waals surface area (Å²) in [6, 6.07) is 20.9. The third kappa shape index (κ3) is 3.82. The second-order valence-electron chi connectivity index (χ2n) is 7.88. The van der Waals surface area contributed by atoms with Crippen LogP contribution >= 0.6 is 0 Å². The van der Waals surface area contributed by atoms with Crippen molar-refractivity contribution in [3.63, 3.8) is 0 Å². The van der Waals surface area contributed by atoms with Gasteiger partial charge >= 0.3 is 0 Å². The number of carbonyl (C=O) groups excluding carboxylic acids is 1. The number of halogens is 1. The molecule has 5 nitrogen and oxygen atoms in total. The molecular formula is C26H23BrN2O3. The van der Waals surface area contributed by atoms with Crippen LogP contribution < -0.4 is 21.5 Å². The van der Waals surface area contributed by atoms with Crippen LogP contribution in [0.2, 0.25) is 0 Å². The van der Waals surface area contributed by atoms with Crippen LogP contribution in [0.25, 0.3) is 21.9 Å². The standard InChI is InChI=1S/C26H22N2O3.BrH/c1-17(20-9-12-26-23(15-20)22-5-3-4-6-25(22)31-26)28-14-13-27(18(28)2)16-24(30)19-7-10-21(29)11-8-19;/h3-15,17H,16H2,1-2H3;1H. The summed E-state index contributed by atoms with van der Waals surface area (Å²) in [4.78, 5) is 12.6. The van der Waals surface area contributed by atoms with E-state index in [1.165, 1.54) is 17.7 Å². The lowest BCUT2D eigenvalue weighted by Crippen LogP contribution is -3.00. The molecule has 0 spiro atoms. The molecule has 0 aliphatic carbocycles. The van der Waals surface area contributed by atoms with Crippen molar-refractivity contribution >= 4 is 27.7 Å². The van der Waals surface area contributed by atoms with Crippen LogP contribution in [0, 0.1) is 6.92 Å². The average Bonchev–Trinajstić information content (AvgIpc) is 3.33. The summed E-state index contributed by atoms with van der Waals surface area (Å²) < 4.78 is 10.1. The molecule has 162 valence electrons. The fraction of sp³-hybridized carbons (Fsp3) is 0.154. The molecule has 0 amide bonds. The summed E-state index contributed by atoms with van der Waals surface area (Å²) in [6.07, 6.45) is 3.96. The van der Waals surface area contributed by atoms with Crippen molar-refractivity contribution in [2.24, 2.45) is 0 Å². The van der Waals surface area contributed by atoms with E-state index < -0.39 is 0 Å². The molecule has 1 atom stereocenters. The second kappa shape index (κ2) is 8.63. The van der Waals surface area contributed by atoms with Crippen molar-refractivity contribution in [1.29, 1.82) is 0 Å². The van der Waals surface area contributed by atoms with Crippen LogP contribution in [0.1, 0.15) is 34.7 Å². The third-order valence-corrected chi connectivity index (χ3v) is 6.00. The molecular weight excluding hydrogens is 468 g/mol. The number of rotatable bonds is 5. The molecule has 0 bridgehead atoms. The molecule has 2 aromatic heterocycles. The zero-order chi connectivity index (χ0) is 21.5. The summed E-state index contributed by atoms with van der Waals surface area (Å²) in [5.41, 5.74) is 3.54.